The molecule has 0 radical (unpaired) electrons. The van der Waals surface area contributed by atoms with Gasteiger partial charge >= 0.3 is 5.97 Å². The molecule has 0 bridgehead atoms. The minimum Gasteiger partial charge on any atom is -0.464 e. The van der Waals surface area contributed by atoms with E-state index in [0.717, 1.165) is 5.56 Å². The summed E-state index contributed by atoms with van der Waals surface area (Å²) < 4.78 is 10.5. The van der Waals surface area contributed by atoms with Crippen LogP contribution < -0.4 is 10.6 Å². The number of rotatable bonds is 19. The largest absolute Gasteiger partial charge is 0.464 e. The number of aliphatic hydroxyl groups excluding tert-OH is 1. The average Bonchev–Trinajstić information content (AvgIpc) is 2.84. The van der Waals surface area contributed by atoms with E-state index in [1.165, 1.54) is 0 Å². The van der Waals surface area contributed by atoms with Crippen LogP contribution in [0.2, 0.25) is 0 Å². The van der Waals surface area contributed by atoms with Crippen molar-refractivity contribution in [3.05, 3.63) is 61.2 Å². The Balaban J connectivity index is 2.42. The first-order valence-electron chi connectivity index (χ1n) is 11.7. The Bertz CT molecular complexity index is 753. The Morgan fingerprint density at radius 3 is 2.38 bits per heavy atom. The molecule has 8 nitrogen and oxygen atoms in total. The van der Waals surface area contributed by atoms with Crippen molar-refractivity contribution in [2.75, 3.05) is 39.5 Å². The highest BCUT2D eigenvalue weighted by Gasteiger charge is 2.22. The zero-order chi connectivity index (χ0) is 25.0. The lowest BCUT2D eigenvalue weighted by Crippen LogP contribution is -2.37. The van der Waals surface area contributed by atoms with Crippen LogP contribution in [0.5, 0.6) is 0 Å². The lowest BCUT2D eigenvalue weighted by atomic mass is 9.95. The second-order valence-corrected chi connectivity index (χ2v) is 7.82. The molecule has 3 N–H and O–H groups in total. The number of amides is 2. The Hall–Kier alpha value is -2.97. The zero-order valence-electron chi connectivity index (χ0n) is 19.9. The smallest absolute Gasteiger partial charge is 0.309 e. The third-order valence-corrected chi connectivity index (χ3v) is 5.08. The fourth-order valence-corrected chi connectivity index (χ4v) is 3.32. The molecule has 0 aliphatic heterocycles. The van der Waals surface area contributed by atoms with Gasteiger partial charge in [-0.25, -0.2) is 0 Å². The first kappa shape index (κ1) is 29.1. The number of hydrogen-bond acceptors (Lipinski definition) is 6. The van der Waals surface area contributed by atoms with Gasteiger partial charge in [-0.15, -0.1) is 13.2 Å². The molecular formula is C26H38N2O6. The summed E-state index contributed by atoms with van der Waals surface area (Å²) in [5, 5.41) is 14.1. The molecule has 2 amide bonds. The fraction of sp³-hybridized carbons (Fsp3) is 0.500. The zero-order valence-corrected chi connectivity index (χ0v) is 19.9. The van der Waals surface area contributed by atoms with Gasteiger partial charge in [0.1, 0.15) is 6.61 Å². The first-order valence-corrected chi connectivity index (χ1v) is 11.7. The first-order chi connectivity index (χ1) is 16.5. The number of carbonyl (C=O) groups excluding carboxylic acids is 3. The number of nitrogens with one attached hydrogen (secondary N) is 2. The van der Waals surface area contributed by atoms with Crippen molar-refractivity contribution in [2.45, 2.75) is 32.1 Å². The highest BCUT2D eigenvalue weighted by Crippen LogP contribution is 2.16. The summed E-state index contributed by atoms with van der Waals surface area (Å²) in [4.78, 5) is 37.2. The summed E-state index contributed by atoms with van der Waals surface area (Å²) in [5.41, 5.74) is 1.06. The molecule has 188 valence electrons. The molecule has 0 saturated heterocycles. The van der Waals surface area contributed by atoms with Gasteiger partial charge in [-0.3, -0.25) is 14.4 Å². The Morgan fingerprint density at radius 1 is 0.971 bits per heavy atom. The van der Waals surface area contributed by atoms with Gasteiger partial charge in [-0.2, -0.15) is 0 Å². The number of benzene rings is 1. The van der Waals surface area contributed by atoms with Gasteiger partial charge in [0.25, 0.3) is 0 Å². The number of aliphatic hydroxyl groups is 1. The second kappa shape index (κ2) is 18.5. The molecule has 1 aromatic rings. The second-order valence-electron chi connectivity index (χ2n) is 7.82. The lowest BCUT2D eigenvalue weighted by Gasteiger charge is -2.17. The Morgan fingerprint density at radius 2 is 1.71 bits per heavy atom. The standard InChI is InChI=1S/C26H38N2O6/c1-3-5-12-23(19-21-10-7-6-8-11-21)26(32)34-17-14-28-25(31)22(9-4-2)20-24(30)27-13-16-33-18-15-29/h3-4,6-8,10-11,22-23,29H,1-2,5,9,12-20H2,(H,27,30)(H,28,31). The predicted octanol–water partition coefficient (Wildman–Crippen LogP) is 2.18. The molecule has 1 aromatic carbocycles. The van der Waals surface area contributed by atoms with Crippen molar-refractivity contribution in [2.24, 2.45) is 11.8 Å². The third kappa shape index (κ3) is 12.9. The molecule has 1 rings (SSSR count). The minimum absolute atomic E-state index is 0.0122. The van der Waals surface area contributed by atoms with Crippen LogP contribution in [0, 0.1) is 11.8 Å². The Kier molecular flexibility index (Phi) is 15.8. The van der Waals surface area contributed by atoms with Crippen molar-refractivity contribution in [1.29, 1.82) is 0 Å². The van der Waals surface area contributed by atoms with Crippen LogP contribution in [0.15, 0.2) is 55.6 Å². The lowest BCUT2D eigenvalue weighted by molar-refractivity contribution is -0.149. The molecule has 0 aliphatic carbocycles. The number of carbonyl (C=O) groups is 3. The molecular weight excluding hydrogens is 436 g/mol. The number of esters is 1. The molecule has 0 fully saturated rings. The normalized spacial score (nSPS) is 12.3. The van der Waals surface area contributed by atoms with Crippen molar-refractivity contribution < 1.29 is 29.0 Å². The topological polar surface area (TPSA) is 114 Å². The van der Waals surface area contributed by atoms with E-state index in [1.807, 2.05) is 30.3 Å². The van der Waals surface area contributed by atoms with Gasteiger partial charge in [0.15, 0.2) is 0 Å². The van der Waals surface area contributed by atoms with E-state index >= 15 is 0 Å². The van der Waals surface area contributed by atoms with E-state index in [-0.39, 0.29) is 63.1 Å². The van der Waals surface area contributed by atoms with Gasteiger partial charge in [-0.1, -0.05) is 42.5 Å². The van der Waals surface area contributed by atoms with Crippen molar-refractivity contribution in [3.63, 3.8) is 0 Å². The van der Waals surface area contributed by atoms with Gasteiger partial charge < -0.3 is 25.2 Å². The van der Waals surface area contributed by atoms with Crippen molar-refractivity contribution >= 4 is 17.8 Å². The van der Waals surface area contributed by atoms with Crippen LogP contribution in [-0.2, 0) is 30.3 Å². The van der Waals surface area contributed by atoms with E-state index in [2.05, 4.69) is 23.8 Å². The molecule has 8 heteroatoms. The van der Waals surface area contributed by atoms with Crippen LogP contribution in [-0.4, -0.2) is 62.4 Å². The van der Waals surface area contributed by atoms with E-state index in [1.54, 1.807) is 12.2 Å². The third-order valence-electron chi connectivity index (χ3n) is 5.08. The summed E-state index contributed by atoms with van der Waals surface area (Å²) in [6.45, 7) is 8.31. The summed E-state index contributed by atoms with van der Waals surface area (Å²) in [7, 11) is 0. The molecule has 0 heterocycles. The molecule has 2 atom stereocenters. The number of ether oxygens (including phenoxy) is 2. The van der Waals surface area contributed by atoms with Gasteiger partial charge in [0.2, 0.25) is 11.8 Å². The predicted molar refractivity (Wildman–Crippen MR) is 131 cm³/mol. The summed E-state index contributed by atoms with van der Waals surface area (Å²) in [6.07, 6.45) is 5.67. The minimum atomic E-state index is -0.565. The van der Waals surface area contributed by atoms with Crippen LogP contribution in [0.3, 0.4) is 0 Å². The summed E-state index contributed by atoms with van der Waals surface area (Å²) in [6, 6.07) is 9.76. The SMILES string of the molecule is C=CCCC(Cc1ccccc1)C(=O)OCCNC(=O)C(CC=C)CC(=O)NCCOCCO. The maximum Gasteiger partial charge on any atom is 0.309 e. The highest BCUT2D eigenvalue weighted by atomic mass is 16.5. The van der Waals surface area contributed by atoms with Crippen molar-refractivity contribution in [1.82, 2.24) is 10.6 Å². The van der Waals surface area contributed by atoms with Crippen LogP contribution in [0.4, 0.5) is 0 Å². The average molecular weight is 475 g/mol. The van der Waals surface area contributed by atoms with Gasteiger partial charge in [-0.05, 0) is 31.2 Å². The van der Waals surface area contributed by atoms with Crippen LogP contribution >= 0.6 is 0 Å². The van der Waals surface area contributed by atoms with Gasteiger partial charge in [0.05, 0.1) is 38.2 Å². The number of hydrogen-bond donors (Lipinski definition) is 3. The molecule has 0 saturated carbocycles. The number of allylic oxidation sites excluding steroid dienone is 2. The summed E-state index contributed by atoms with van der Waals surface area (Å²) >= 11 is 0. The van der Waals surface area contributed by atoms with Gasteiger partial charge in [0, 0.05) is 13.0 Å². The van der Waals surface area contributed by atoms with Crippen molar-refractivity contribution in [3.8, 4) is 0 Å². The molecule has 0 spiro atoms. The van der Waals surface area contributed by atoms with E-state index in [9.17, 15) is 14.4 Å². The van der Waals surface area contributed by atoms with E-state index in [4.69, 9.17) is 14.6 Å². The fourth-order valence-electron chi connectivity index (χ4n) is 3.32. The summed E-state index contributed by atoms with van der Waals surface area (Å²) in [5.74, 6) is -1.72. The Labute approximate surface area is 202 Å². The molecule has 0 aromatic heterocycles. The van der Waals surface area contributed by atoms with E-state index < -0.39 is 5.92 Å². The molecule has 2 unspecified atom stereocenters. The maximum atomic E-state index is 12.6. The monoisotopic (exact) mass is 474 g/mol. The molecule has 34 heavy (non-hydrogen) atoms. The van der Waals surface area contributed by atoms with Crippen LogP contribution in [0.1, 0.15) is 31.2 Å². The highest BCUT2D eigenvalue weighted by molar-refractivity contribution is 5.85. The maximum absolute atomic E-state index is 12.6. The van der Waals surface area contributed by atoms with Crippen LogP contribution in [0.25, 0.3) is 0 Å². The van der Waals surface area contributed by atoms with E-state index in [0.29, 0.717) is 32.2 Å². The molecule has 0 aliphatic rings. The quantitative estimate of drug-likeness (QED) is 0.161.